The summed E-state index contributed by atoms with van der Waals surface area (Å²) in [5.74, 6) is 2.17. The van der Waals surface area contributed by atoms with Gasteiger partial charge in [-0.2, -0.15) is 10.4 Å². The lowest BCUT2D eigenvalue weighted by Gasteiger charge is -2.39. The van der Waals surface area contributed by atoms with Gasteiger partial charge < -0.3 is 20.3 Å². The standard InChI is InChI=1S/C34H43N9O2S/c1-4-41-15-7-10-24(41)20(2)43-32-23(18-37-43)31(42-16-8-12-33(3,44)19-42)38-30(39-32)27-21-9-5-13-34(28(21)45-40-27)14-6-11-25-26(34)22(17-35)29(36)46-25/h18,20,24,44H,4-16,19,36H2,1-3H3/t20-,24-,33+,34-/m0/s1. The number of nitrogen functional groups attached to an aromatic ring is 1. The summed E-state index contributed by atoms with van der Waals surface area (Å²) in [6.45, 7) is 9.80. The second-order valence-electron chi connectivity index (χ2n) is 14.2. The van der Waals surface area contributed by atoms with Crippen LogP contribution in [-0.4, -0.2) is 72.7 Å². The first kappa shape index (κ1) is 29.8. The van der Waals surface area contributed by atoms with Crippen LogP contribution in [0.1, 0.15) is 106 Å². The Morgan fingerprint density at radius 3 is 2.78 bits per heavy atom. The van der Waals surface area contributed by atoms with E-state index in [0.29, 0.717) is 34.7 Å². The van der Waals surface area contributed by atoms with Gasteiger partial charge in [0.1, 0.15) is 16.9 Å². The zero-order chi connectivity index (χ0) is 31.8. The van der Waals surface area contributed by atoms with Crippen molar-refractivity contribution in [1.29, 1.82) is 5.26 Å². The SMILES string of the molecule is CCN1CCC[C@H]1[C@H](C)n1ncc2c(N3CCC[C@@](C)(O)C3)nc(-c3noc4c3CCC[C@@]43CCCc4sc(N)c(C#N)c43)nc21. The van der Waals surface area contributed by atoms with Crippen LogP contribution in [0, 0.1) is 11.3 Å². The van der Waals surface area contributed by atoms with Crippen molar-refractivity contribution in [1.82, 2.24) is 29.8 Å². The molecule has 2 saturated heterocycles. The van der Waals surface area contributed by atoms with Crippen molar-refractivity contribution in [3.05, 3.63) is 33.5 Å². The Kier molecular flexibility index (Phi) is 7.16. The van der Waals surface area contributed by atoms with E-state index >= 15 is 0 Å². The summed E-state index contributed by atoms with van der Waals surface area (Å²) in [6.07, 6.45) is 11.4. The van der Waals surface area contributed by atoms with Crippen molar-refractivity contribution < 1.29 is 9.63 Å². The Morgan fingerprint density at radius 1 is 1.17 bits per heavy atom. The number of nitrogens with zero attached hydrogens (tertiary/aromatic N) is 8. The summed E-state index contributed by atoms with van der Waals surface area (Å²) in [7, 11) is 0. The van der Waals surface area contributed by atoms with Crippen LogP contribution < -0.4 is 10.6 Å². The van der Waals surface area contributed by atoms with Gasteiger partial charge in [-0.05, 0) is 96.7 Å². The summed E-state index contributed by atoms with van der Waals surface area (Å²) in [4.78, 5) is 16.4. The number of fused-ring (bicyclic) bond motifs is 5. The fourth-order valence-corrected chi connectivity index (χ4v) is 10.3. The predicted octanol–water partition coefficient (Wildman–Crippen LogP) is 5.35. The number of β-amino-alcohol motifs (C(OH)–C–C–N with tert-alkyl or cyclic N) is 1. The molecule has 3 N–H and O–H groups in total. The van der Waals surface area contributed by atoms with E-state index in [1.807, 2.05) is 13.1 Å². The molecule has 11 nitrogen and oxygen atoms in total. The van der Waals surface area contributed by atoms with Crippen molar-refractivity contribution in [3.8, 4) is 17.6 Å². The Labute approximate surface area is 273 Å². The minimum Gasteiger partial charge on any atom is -0.389 e. The molecule has 0 bridgehead atoms. The molecule has 2 aliphatic heterocycles. The normalized spacial score (nSPS) is 27.2. The topological polar surface area (TPSA) is 146 Å². The van der Waals surface area contributed by atoms with Gasteiger partial charge >= 0.3 is 0 Å². The highest BCUT2D eigenvalue weighted by molar-refractivity contribution is 7.16. The number of hydrogen-bond donors (Lipinski definition) is 2. The number of likely N-dealkylation sites (N-methyl/N-ethyl adjacent to an activating group) is 1. The summed E-state index contributed by atoms with van der Waals surface area (Å²) in [6, 6.07) is 2.93. The average Bonchev–Trinajstić information content (AvgIpc) is 3.84. The molecule has 1 spiro atoms. The number of piperidine rings is 1. The monoisotopic (exact) mass is 641 g/mol. The van der Waals surface area contributed by atoms with E-state index in [4.69, 9.17) is 30.5 Å². The zero-order valence-electron chi connectivity index (χ0n) is 27.1. The predicted molar refractivity (Wildman–Crippen MR) is 178 cm³/mol. The largest absolute Gasteiger partial charge is 0.389 e. The average molecular weight is 642 g/mol. The Hall–Kier alpha value is -3.53. The third-order valence-corrected chi connectivity index (χ3v) is 12.3. The van der Waals surface area contributed by atoms with Crippen LogP contribution >= 0.6 is 11.3 Å². The molecule has 4 aromatic rings. The molecule has 2 fully saturated rings. The van der Waals surface area contributed by atoms with E-state index in [1.54, 1.807) is 11.3 Å². The number of hydrogen-bond acceptors (Lipinski definition) is 11. The summed E-state index contributed by atoms with van der Waals surface area (Å²) >= 11 is 1.55. The van der Waals surface area contributed by atoms with Gasteiger partial charge in [-0.25, -0.2) is 14.6 Å². The fraction of sp³-hybridized carbons (Fsp3) is 0.618. The maximum Gasteiger partial charge on any atom is 0.186 e. The van der Waals surface area contributed by atoms with Crippen LogP contribution in [0.15, 0.2) is 10.7 Å². The highest BCUT2D eigenvalue weighted by atomic mass is 32.1. The number of nitriles is 1. The lowest BCUT2D eigenvalue weighted by molar-refractivity contribution is 0.0448. The first-order valence-corrected chi connectivity index (χ1v) is 17.8. The van der Waals surface area contributed by atoms with Gasteiger partial charge in [-0.1, -0.05) is 12.1 Å². The Bertz CT molecular complexity index is 1850. The fourth-order valence-electron chi connectivity index (χ4n) is 9.13. The number of thiophene rings is 1. The first-order valence-electron chi connectivity index (χ1n) is 17.0. The van der Waals surface area contributed by atoms with Crippen molar-refractivity contribution >= 4 is 33.2 Å². The maximum absolute atomic E-state index is 11.1. The van der Waals surface area contributed by atoms with E-state index in [0.717, 1.165) is 111 Å². The molecule has 4 atom stereocenters. The summed E-state index contributed by atoms with van der Waals surface area (Å²) in [5.41, 5.74) is 9.34. The molecule has 4 aliphatic rings. The Morgan fingerprint density at radius 2 is 2.00 bits per heavy atom. The Balaban J connectivity index is 1.29. The van der Waals surface area contributed by atoms with Crippen molar-refractivity contribution in [2.75, 3.05) is 36.8 Å². The van der Waals surface area contributed by atoms with Gasteiger partial charge in [0.15, 0.2) is 22.9 Å². The molecule has 0 saturated carbocycles. The van der Waals surface area contributed by atoms with E-state index in [-0.39, 0.29) is 6.04 Å². The number of aryl methyl sites for hydroxylation is 1. The molecule has 0 radical (unpaired) electrons. The lowest BCUT2D eigenvalue weighted by Crippen LogP contribution is -2.46. The number of aliphatic hydroxyl groups is 1. The van der Waals surface area contributed by atoms with Crippen LogP contribution in [0.5, 0.6) is 0 Å². The maximum atomic E-state index is 11.1. The van der Waals surface area contributed by atoms with E-state index in [2.05, 4.69) is 34.4 Å². The smallest absolute Gasteiger partial charge is 0.186 e. The van der Waals surface area contributed by atoms with Crippen LogP contribution in [0.4, 0.5) is 10.8 Å². The molecule has 8 rings (SSSR count). The molecular weight excluding hydrogens is 599 g/mol. The molecule has 12 heteroatoms. The quantitative estimate of drug-likeness (QED) is 0.292. The third kappa shape index (κ3) is 4.49. The number of aromatic nitrogens is 5. The van der Waals surface area contributed by atoms with Crippen molar-refractivity contribution in [3.63, 3.8) is 0 Å². The van der Waals surface area contributed by atoms with Gasteiger partial charge in [0.2, 0.25) is 0 Å². The zero-order valence-corrected chi connectivity index (χ0v) is 27.9. The molecule has 242 valence electrons. The van der Waals surface area contributed by atoms with Crippen LogP contribution in [0.3, 0.4) is 0 Å². The van der Waals surface area contributed by atoms with Gasteiger partial charge in [0.05, 0.1) is 34.2 Å². The van der Waals surface area contributed by atoms with Gasteiger partial charge in [0, 0.05) is 29.6 Å². The molecule has 6 heterocycles. The summed E-state index contributed by atoms with van der Waals surface area (Å²) < 4.78 is 8.42. The second kappa shape index (κ2) is 11.0. The minimum absolute atomic E-state index is 0.128. The van der Waals surface area contributed by atoms with Crippen LogP contribution in [-0.2, 0) is 18.3 Å². The molecule has 0 aromatic carbocycles. The van der Waals surface area contributed by atoms with E-state index < -0.39 is 11.0 Å². The van der Waals surface area contributed by atoms with Crippen molar-refractivity contribution in [2.24, 2.45) is 0 Å². The third-order valence-electron chi connectivity index (χ3n) is 11.2. The number of rotatable bonds is 5. The van der Waals surface area contributed by atoms with E-state index in [1.165, 1.54) is 11.3 Å². The molecular formula is C34H43N9O2S. The molecule has 2 aliphatic carbocycles. The molecule has 0 unspecified atom stereocenters. The van der Waals surface area contributed by atoms with E-state index in [9.17, 15) is 10.4 Å². The lowest BCUT2D eigenvalue weighted by atomic mass is 9.63. The highest BCUT2D eigenvalue weighted by Gasteiger charge is 2.49. The molecule has 0 amide bonds. The highest BCUT2D eigenvalue weighted by Crippen LogP contribution is 2.55. The number of nitrogens with two attached hydrogens (primary N) is 1. The second-order valence-corrected chi connectivity index (χ2v) is 15.3. The molecule has 46 heavy (non-hydrogen) atoms. The number of anilines is 2. The number of likely N-dealkylation sites (tertiary alicyclic amines) is 1. The summed E-state index contributed by atoms with van der Waals surface area (Å²) in [5, 5.41) is 32.4. The van der Waals surface area contributed by atoms with Crippen LogP contribution in [0.2, 0.25) is 0 Å². The van der Waals surface area contributed by atoms with Crippen LogP contribution in [0.25, 0.3) is 22.6 Å². The molecule has 4 aromatic heterocycles. The van der Waals surface area contributed by atoms with Gasteiger partial charge in [-0.15, -0.1) is 11.3 Å². The van der Waals surface area contributed by atoms with Gasteiger partial charge in [-0.3, -0.25) is 4.90 Å². The first-order chi connectivity index (χ1) is 22.2. The minimum atomic E-state index is -0.802. The van der Waals surface area contributed by atoms with Crippen molar-refractivity contribution in [2.45, 2.75) is 108 Å². The van der Waals surface area contributed by atoms with Gasteiger partial charge in [0.25, 0.3) is 0 Å².